The minimum absolute atomic E-state index is 0.166. The van der Waals surface area contributed by atoms with Gasteiger partial charge in [0.25, 0.3) is 5.91 Å². The van der Waals surface area contributed by atoms with Gasteiger partial charge in [-0.3, -0.25) is 9.69 Å². The third kappa shape index (κ3) is 5.07. The summed E-state index contributed by atoms with van der Waals surface area (Å²) in [5.41, 5.74) is 1.14. The molecule has 3 heterocycles. The van der Waals surface area contributed by atoms with Crippen molar-refractivity contribution in [3.8, 4) is 5.75 Å². The number of hydrogen-bond acceptors (Lipinski definition) is 6. The van der Waals surface area contributed by atoms with Gasteiger partial charge in [0.15, 0.2) is 17.3 Å². The second-order valence-electron chi connectivity index (χ2n) is 7.95. The summed E-state index contributed by atoms with van der Waals surface area (Å²) in [5, 5.41) is 0.280. The van der Waals surface area contributed by atoms with Gasteiger partial charge in [0.2, 0.25) is 5.95 Å². The Balaban J connectivity index is 1.37. The van der Waals surface area contributed by atoms with Crippen molar-refractivity contribution in [1.29, 1.82) is 0 Å². The van der Waals surface area contributed by atoms with E-state index in [4.69, 9.17) is 16.3 Å². The lowest BCUT2D eigenvalue weighted by atomic mass is 10.1. The number of amides is 1. The third-order valence-corrected chi connectivity index (χ3v) is 6.13. The summed E-state index contributed by atoms with van der Waals surface area (Å²) < 4.78 is 18.9. The topological polar surface area (TPSA) is 61.8 Å². The molecule has 0 bridgehead atoms. The molecule has 7 nitrogen and oxygen atoms in total. The number of rotatable bonds is 5. The Morgan fingerprint density at radius 1 is 1.13 bits per heavy atom. The Morgan fingerprint density at radius 3 is 2.55 bits per heavy atom. The zero-order chi connectivity index (χ0) is 21.8. The number of ether oxygens (including phenoxy) is 1. The lowest BCUT2D eigenvalue weighted by Crippen LogP contribution is -2.48. The summed E-state index contributed by atoms with van der Waals surface area (Å²) in [5.74, 6) is 0.287. The summed E-state index contributed by atoms with van der Waals surface area (Å²) in [4.78, 5) is 28.0. The van der Waals surface area contributed by atoms with Crippen LogP contribution in [0.25, 0.3) is 0 Å². The molecule has 2 aromatic rings. The second-order valence-corrected chi connectivity index (χ2v) is 8.36. The SMILES string of the molecule is COc1ccc(CN2CCN(C(=O)c3nc(N4CCCCC4)ncc3Cl)CC2)cc1F. The largest absolute Gasteiger partial charge is 0.494 e. The molecule has 9 heteroatoms. The van der Waals surface area contributed by atoms with Gasteiger partial charge in [-0.15, -0.1) is 0 Å². The average molecular weight is 448 g/mol. The number of piperidine rings is 1. The molecular weight excluding hydrogens is 421 g/mol. The van der Waals surface area contributed by atoms with Crippen molar-refractivity contribution >= 4 is 23.5 Å². The zero-order valence-electron chi connectivity index (χ0n) is 17.7. The molecular formula is C22H27ClFN5O2. The van der Waals surface area contributed by atoms with Crippen molar-refractivity contribution in [2.24, 2.45) is 0 Å². The maximum absolute atomic E-state index is 13.9. The number of carbonyl (C=O) groups excluding carboxylic acids is 1. The molecule has 0 unspecified atom stereocenters. The van der Waals surface area contributed by atoms with Crippen LogP contribution in [-0.2, 0) is 6.54 Å². The first kappa shape index (κ1) is 21.8. The molecule has 2 aliphatic rings. The molecule has 166 valence electrons. The number of benzene rings is 1. The first-order valence-electron chi connectivity index (χ1n) is 10.7. The smallest absolute Gasteiger partial charge is 0.274 e. The quantitative estimate of drug-likeness (QED) is 0.701. The predicted octanol–water partition coefficient (Wildman–Crippen LogP) is 3.23. The van der Waals surface area contributed by atoms with Crippen molar-refractivity contribution in [1.82, 2.24) is 19.8 Å². The molecule has 2 fully saturated rings. The Bertz CT molecular complexity index is 930. The van der Waals surface area contributed by atoms with Crippen molar-refractivity contribution < 1.29 is 13.9 Å². The van der Waals surface area contributed by atoms with Crippen LogP contribution >= 0.6 is 11.6 Å². The van der Waals surface area contributed by atoms with Gasteiger partial charge < -0.3 is 14.5 Å². The molecule has 2 aliphatic heterocycles. The van der Waals surface area contributed by atoms with Crippen molar-refractivity contribution in [2.75, 3.05) is 51.3 Å². The number of hydrogen-bond donors (Lipinski definition) is 0. The molecule has 2 saturated heterocycles. The zero-order valence-corrected chi connectivity index (χ0v) is 18.4. The van der Waals surface area contributed by atoms with Crippen LogP contribution in [-0.4, -0.2) is 72.1 Å². The minimum Gasteiger partial charge on any atom is -0.494 e. The third-order valence-electron chi connectivity index (χ3n) is 5.85. The standard InChI is InChI=1S/C22H27ClFN5O2/c1-31-19-6-5-16(13-18(19)24)15-27-9-11-28(12-10-27)21(30)20-17(23)14-25-22(26-20)29-7-3-2-4-8-29/h5-6,13-14H,2-4,7-12,15H2,1H3. The normalized spacial score (nSPS) is 17.6. The highest BCUT2D eigenvalue weighted by atomic mass is 35.5. The van der Waals surface area contributed by atoms with Gasteiger partial charge in [0.1, 0.15) is 0 Å². The lowest BCUT2D eigenvalue weighted by Gasteiger charge is -2.35. The molecule has 0 aliphatic carbocycles. The van der Waals surface area contributed by atoms with Gasteiger partial charge in [-0.2, -0.15) is 0 Å². The number of halogens is 2. The van der Waals surface area contributed by atoms with Gasteiger partial charge in [-0.25, -0.2) is 14.4 Å². The maximum atomic E-state index is 13.9. The van der Waals surface area contributed by atoms with E-state index < -0.39 is 0 Å². The highest BCUT2D eigenvalue weighted by molar-refractivity contribution is 6.33. The van der Waals surface area contributed by atoms with Crippen LogP contribution < -0.4 is 9.64 Å². The van der Waals surface area contributed by atoms with Crippen LogP contribution in [0.5, 0.6) is 5.75 Å². The minimum atomic E-state index is -0.364. The summed E-state index contributed by atoms with van der Waals surface area (Å²) in [6, 6.07) is 5.00. The van der Waals surface area contributed by atoms with E-state index in [1.165, 1.54) is 25.8 Å². The molecule has 1 aromatic carbocycles. The molecule has 0 N–H and O–H groups in total. The fourth-order valence-corrected chi connectivity index (χ4v) is 4.25. The van der Waals surface area contributed by atoms with Gasteiger partial charge >= 0.3 is 0 Å². The second kappa shape index (κ2) is 9.78. The molecule has 0 radical (unpaired) electrons. The van der Waals surface area contributed by atoms with Crippen molar-refractivity contribution in [3.05, 3.63) is 46.5 Å². The highest BCUT2D eigenvalue weighted by Gasteiger charge is 2.26. The summed E-state index contributed by atoms with van der Waals surface area (Å²) in [6.45, 7) is 4.95. The monoisotopic (exact) mass is 447 g/mol. The van der Waals surface area contributed by atoms with E-state index in [1.54, 1.807) is 11.0 Å². The van der Waals surface area contributed by atoms with E-state index in [0.717, 1.165) is 31.5 Å². The Morgan fingerprint density at radius 2 is 1.87 bits per heavy atom. The maximum Gasteiger partial charge on any atom is 0.274 e. The Labute approximate surface area is 186 Å². The molecule has 1 aromatic heterocycles. The number of anilines is 1. The van der Waals surface area contributed by atoms with E-state index in [9.17, 15) is 9.18 Å². The van der Waals surface area contributed by atoms with E-state index >= 15 is 0 Å². The Hall–Kier alpha value is -2.45. The van der Waals surface area contributed by atoms with Gasteiger partial charge in [-0.05, 0) is 37.0 Å². The fraction of sp³-hybridized carbons (Fsp3) is 0.500. The van der Waals surface area contributed by atoms with E-state index in [2.05, 4.69) is 19.8 Å². The summed E-state index contributed by atoms with van der Waals surface area (Å²) >= 11 is 6.28. The van der Waals surface area contributed by atoms with Crippen LogP contribution in [0.15, 0.2) is 24.4 Å². The van der Waals surface area contributed by atoms with Gasteiger partial charge in [0, 0.05) is 45.8 Å². The van der Waals surface area contributed by atoms with Gasteiger partial charge in [-0.1, -0.05) is 17.7 Å². The Kier molecular flexibility index (Phi) is 6.87. The van der Waals surface area contributed by atoms with E-state index in [-0.39, 0.29) is 28.2 Å². The van der Waals surface area contributed by atoms with Crippen LogP contribution in [0.1, 0.15) is 35.3 Å². The summed E-state index contributed by atoms with van der Waals surface area (Å²) in [7, 11) is 1.45. The fourth-order valence-electron chi connectivity index (χ4n) is 4.08. The molecule has 0 atom stereocenters. The van der Waals surface area contributed by atoms with Crippen molar-refractivity contribution in [3.63, 3.8) is 0 Å². The number of methoxy groups -OCH3 is 1. The predicted molar refractivity (Wildman–Crippen MR) is 117 cm³/mol. The number of nitrogens with zero attached hydrogens (tertiary/aromatic N) is 5. The van der Waals surface area contributed by atoms with Crippen LogP contribution in [0.2, 0.25) is 5.02 Å². The first-order valence-corrected chi connectivity index (χ1v) is 11.0. The molecule has 4 rings (SSSR count). The molecule has 1 amide bonds. The number of aromatic nitrogens is 2. The molecule has 0 saturated carbocycles. The van der Waals surface area contributed by atoms with E-state index in [1.807, 2.05) is 6.07 Å². The van der Waals surface area contributed by atoms with Gasteiger partial charge in [0.05, 0.1) is 18.3 Å². The highest BCUT2D eigenvalue weighted by Crippen LogP contribution is 2.22. The van der Waals surface area contributed by atoms with Crippen LogP contribution in [0.4, 0.5) is 10.3 Å². The summed E-state index contributed by atoms with van der Waals surface area (Å²) in [6.07, 6.45) is 4.95. The van der Waals surface area contributed by atoms with E-state index in [0.29, 0.717) is 38.7 Å². The molecule has 0 spiro atoms. The van der Waals surface area contributed by atoms with Crippen LogP contribution in [0, 0.1) is 5.82 Å². The number of piperazine rings is 1. The number of carbonyl (C=O) groups is 1. The average Bonchev–Trinajstić information content (AvgIpc) is 2.80. The van der Waals surface area contributed by atoms with Crippen LogP contribution in [0.3, 0.4) is 0 Å². The lowest BCUT2D eigenvalue weighted by molar-refractivity contribution is 0.0622. The molecule has 31 heavy (non-hydrogen) atoms. The van der Waals surface area contributed by atoms with Crippen molar-refractivity contribution in [2.45, 2.75) is 25.8 Å². The first-order chi connectivity index (χ1) is 15.0.